The van der Waals surface area contributed by atoms with Gasteiger partial charge < -0.3 is 21.7 Å². The second-order valence-corrected chi connectivity index (χ2v) is 3.09. The van der Waals surface area contributed by atoms with Gasteiger partial charge >= 0.3 is 0 Å². The Morgan fingerprint density at radius 2 is 1.71 bits per heavy atom. The van der Waals surface area contributed by atoms with Gasteiger partial charge in [-0.05, 0) is 6.92 Å². The molecule has 0 unspecified atom stereocenters. The summed E-state index contributed by atoms with van der Waals surface area (Å²) in [5, 5.41) is 2.95. The third-order valence-electron chi connectivity index (χ3n) is 1.72. The fourth-order valence-corrected chi connectivity index (χ4v) is 1.19. The molecule has 0 bridgehead atoms. The molecule has 1 aromatic rings. The number of aromatic nitrogens is 2. The lowest BCUT2D eigenvalue weighted by molar-refractivity contribution is 1.06. The van der Waals surface area contributed by atoms with Gasteiger partial charge in [0.25, 0.3) is 0 Å². The topological polar surface area (TPSA) is 93.1 Å². The molecule has 0 aliphatic heterocycles. The number of nitrogens with zero attached hydrogens (tertiary/aromatic N) is 3. The van der Waals surface area contributed by atoms with Crippen molar-refractivity contribution in [2.45, 2.75) is 6.92 Å². The summed E-state index contributed by atoms with van der Waals surface area (Å²) in [5.41, 5.74) is 12.1. The number of nitrogen functional groups attached to an aromatic ring is 2. The Morgan fingerprint density at radius 3 is 2.07 bits per heavy atom. The molecule has 0 amide bonds. The number of anilines is 4. The minimum absolute atomic E-state index is 0.387. The van der Waals surface area contributed by atoms with Crippen molar-refractivity contribution < 1.29 is 0 Å². The molecule has 78 valence electrons. The highest BCUT2D eigenvalue weighted by molar-refractivity contribution is 5.76. The Labute approximate surface area is 83.3 Å². The second kappa shape index (κ2) is 3.99. The van der Waals surface area contributed by atoms with E-state index >= 15 is 0 Å². The minimum Gasteiger partial charge on any atom is -0.382 e. The van der Waals surface area contributed by atoms with Crippen LogP contribution in [0.3, 0.4) is 0 Å². The maximum absolute atomic E-state index is 5.74. The monoisotopic (exact) mass is 196 g/mol. The molecule has 5 N–H and O–H groups in total. The van der Waals surface area contributed by atoms with E-state index in [1.165, 1.54) is 0 Å². The summed E-state index contributed by atoms with van der Waals surface area (Å²) in [6.45, 7) is 2.69. The molecule has 6 nitrogen and oxygen atoms in total. The van der Waals surface area contributed by atoms with Crippen molar-refractivity contribution in [1.29, 1.82) is 0 Å². The van der Waals surface area contributed by atoms with Crippen molar-refractivity contribution in [2.75, 3.05) is 42.3 Å². The van der Waals surface area contributed by atoms with Crippen LogP contribution < -0.4 is 21.7 Å². The quantitative estimate of drug-likeness (QED) is 0.636. The Hall–Kier alpha value is -1.72. The molecule has 0 radical (unpaired) electrons. The first-order chi connectivity index (χ1) is 6.56. The van der Waals surface area contributed by atoms with Crippen LogP contribution in [0.15, 0.2) is 0 Å². The SMILES string of the molecule is CCNc1nc(N)c(N(C)C)c(N)n1. The summed E-state index contributed by atoms with van der Waals surface area (Å²) >= 11 is 0. The summed E-state index contributed by atoms with van der Waals surface area (Å²) in [6, 6.07) is 0. The van der Waals surface area contributed by atoms with Crippen molar-refractivity contribution in [1.82, 2.24) is 9.97 Å². The van der Waals surface area contributed by atoms with Crippen molar-refractivity contribution in [3.05, 3.63) is 0 Å². The highest BCUT2D eigenvalue weighted by Crippen LogP contribution is 2.26. The molecule has 0 saturated carbocycles. The summed E-state index contributed by atoms with van der Waals surface area (Å²) in [7, 11) is 3.69. The normalized spacial score (nSPS) is 9.93. The molecule has 0 aromatic carbocycles. The van der Waals surface area contributed by atoms with Crippen LogP contribution in [0, 0.1) is 0 Å². The molecule has 1 rings (SSSR count). The lowest BCUT2D eigenvalue weighted by Gasteiger charge is -2.16. The van der Waals surface area contributed by atoms with Gasteiger partial charge in [-0.2, -0.15) is 9.97 Å². The Morgan fingerprint density at radius 1 is 1.21 bits per heavy atom. The highest BCUT2D eigenvalue weighted by atomic mass is 15.2. The summed E-state index contributed by atoms with van der Waals surface area (Å²) in [6.07, 6.45) is 0. The maximum Gasteiger partial charge on any atom is 0.226 e. The smallest absolute Gasteiger partial charge is 0.226 e. The van der Waals surface area contributed by atoms with Gasteiger partial charge in [0.15, 0.2) is 11.6 Å². The number of rotatable bonds is 3. The van der Waals surface area contributed by atoms with E-state index < -0.39 is 0 Å². The zero-order valence-corrected chi connectivity index (χ0v) is 8.70. The average Bonchev–Trinajstić information content (AvgIpc) is 2.01. The Kier molecular flexibility index (Phi) is 2.95. The maximum atomic E-state index is 5.74. The molecule has 14 heavy (non-hydrogen) atoms. The van der Waals surface area contributed by atoms with E-state index in [9.17, 15) is 0 Å². The number of hydrogen-bond donors (Lipinski definition) is 3. The summed E-state index contributed by atoms with van der Waals surface area (Å²) in [4.78, 5) is 9.95. The van der Waals surface area contributed by atoms with Gasteiger partial charge in [0.05, 0.1) is 0 Å². The molecule has 0 atom stereocenters. The van der Waals surface area contributed by atoms with Gasteiger partial charge in [-0.15, -0.1) is 0 Å². The van der Waals surface area contributed by atoms with Gasteiger partial charge in [-0.1, -0.05) is 0 Å². The first kappa shape index (κ1) is 10.4. The lowest BCUT2D eigenvalue weighted by Crippen LogP contribution is -2.17. The van der Waals surface area contributed by atoms with E-state index in [-0.39, 0.29) is 0 Å². The van der Waals surface area contributed by atoms with Crippen LogP contribution >= 0.6 is 0 Å². The van der Waals surface area contributed by atoms with Gasteiger partial charge in [-0.3, -0.25) is 0 Å². The molecule has 0 aliphatic carbocycles. The van der Waals surface area contributed by atoms with Crippen LogP contribution in [0.2, 0.25) is 0 Å². The second-order valence-electron chi connectivity index (χ2n) is 3.09. The standard InChI is InChI=1S/C8H16N6/c1-4-11-8-12-6(9)5(14(2)3)7(10)13-8/h4H2,1-3H3,(H5,9,10,11,12,13). The van der Waals surface area contributed by atoms with Gasteiger partial charge in [0.1, 0.15) is 5.69 Å². The van der Waals surface area contributed by atoms with Crippen LogP contribution in [0.1, 0.15) is 6.92 Å². The first-order valence-corrected chi connectivity index (χ1v) is 4.40. The summed E-state index contributed by atoms with van der Waals surface area (Å²) in [5.74, 6) is 1.24. The van der Waals surface area contributed by atoms with E-state index in [4.69, 9.17) is 11.5 Å². The third-order valence-corrected chi connectivity index (χ3v) is 1.72. The molecule has 1 heterocycles. The number of hydrogen-bond acceptors (Lipinski definition) is 6. The van der Waals surface area contributed by atoms with Crippen molar-refractivity contribution in [2.24, 2.45) is 0 Å². The van der Waals surface area contributed by atoms with Crippen LogP contribution in [0.5, 0.6) is 0 Å². The van der Waals surface area contributed by atoms with Gasteiger partial charge in [-0.25, -0.2) is 0 Å². The zero-order chi connectivity index (χ0) is 10.7. The molecular formula is C8H16N6. The van der Waals surface area contributed by atoms with Gasteiger partial charge in [0, 0.05) is 20.6 Å². The van der Waals surface area contributed by atoms with Gasteiger partial charge in [0.2, 0.25) is 5.95 Å². The predicted molar refractivity (Wildman–Crippen MR) is 59.3 cm³/mol. The van der Waals surface area contributed by atoms with Crippen LogP contribution in [-0.2, 0) is 0 Å². The molecule has 0 aliphatic rings. The Bertz CT molecular complexity index is 299. The molecule has 1 aromatic heterocycles. The largest absolute Gasteiger partial charge is 0.382 e. The zero-order valence-electron chi connectivity index (χ0n) is 8.70. The molecule has 6 heteroatoms. The van der Waals surface area contributed by atoms with E-state index in [0.717, 1.165) is 6.54 Å². The van der Waals surface area contributed by atoms with E-state index in [1.54, 1.807) is 4.90 Å². The van der Waals surface area contributed by atoms with Crippen LogP contribution in [0.4, 0.5) is 23.3 Å². The van der Waals surface area contributed by atoms with Crippen LogP contribution in [-0.4, -0.2) is 30.6 Å². The fourth-order valence-electron chi connectivity index (χ4n) is 1.19. The van der Waals surface area contributed by atoms with Crippen molar-refractivity contribution in [3.8, 4) is 0 Å². The molecule has 0 fully saturated rings. The predicted octanol–water partition coefficient (Wildman–Crippen LogP) is 0.139. The Balaban J connectivity index is 3.11. The van der Waals surface area contributed by atoms with E-state index in [0.29, 0.717) is 23.3 Å². The molecule has 0 spiro atoms. The molecular weight excluding hydrogens is 180 g/mol. The first-order valence-electron chi connectivity index (χ1n) is 4.40. The number of nitrogens with two attached hydrogens (primary N) is 2. The highest BCUT2D eigenvalue weighted by Gasteiger charge is 2.10. The lowest BCUT2D eigenvalue weighted by atomic mass is 10.4. The van der Waals surface area contributed by atoms with Crippen molar-refractivity contribution in [3.63, 3.8) is 0 Å². The minimum atomic E-state index is 0.387. The number of nitrogens with one attached hydrogen (secondary N) is 1. The van der Waals surface area contributed by atoms with E-state index in [2.05, 4.69) is 15.3 Å². The van der Waals surface area contributed by atoms with Crippen LogP contribution in [0.25, 0.3) is 0 Å². The average molecular weight is 196 g/mol. The summed E-state index contributed by atoms with van der Waals surface area (Å²) < 4.78 is 0. The van der Waals surface area contributed by atoms with Crippen molar-refractivity contribution >= 4 is 23.3 Å². The third kappa shape index (κ3) is 1.95. The fraction of sp³-hybridized carbons (Fsp3) is 0.500. The molecule has 0 saturated heterocycles. The van der Waals surface area contributed by atoms with E-state index in [1.807, 2.05) is 21.0 Å².